The number of methoxy groups -OCH3 is 1. The van der Waals surface area contributed by atoms with Crippen LogP contribution >= 0.6 is 0 Å². The van der Waals surface area contributed by atoms with Crippen molar-refractivity contribution in [2.24, 2.45) is 0 Å². The van der Waals surface area contributed by atoms with E-state index in [1.807, 2.05) is 24.3 Å². The molecule has 1 saturated carbocycles. The SMILES string of the molecule is COc1ccc(CCC(=O)NC[C@@H]2COC3(CCCC3)O2)cc1. The summed E-state index contributed by atoms with van der Waals surface area (Å²) in [6.45, 7) is 1.11. The molecular weight excluding hydrogens is 294 g/mol. The van der Waals surface area contributed by atoms with Gasteiger partial charge in [0.2, 0.25) is 5.91 Å². The summed E-state index contributed by atoms with van der Waals surface area (Å²) in [5.41, 5.74) is 1.13. The summed E-state index contributed by atoms with van der Waals surface area (Å²) in [5.74, 6) is 0.535. The van der Waals surface area contributed by atoms with Gasteiger partial charge in [0.05, 0.1) is 13.7 Å². The van der Waals surface area contributed by atoms with E-state index >= 15 is 0 Å². The number of ether oxygens (including phenoxy) is 3. The van der Waals surface area contributed by atoms with E-state index in [4.69, 9.17) is 14.2 Å². The van der Waals surface area contributed by atoms with Crippen molar-refractivity contribution >= 4 is 5.91 Å². The van der Waals surface area contributed by atoms with Crippen LogP contribution in [0.1, 0.15) is 37.7 Å². The first kappa shape index (κ1) is 16.3. The first-order valence-electron chi connectivity index (χ1n) is 8.40. The number of rotatable bonds is 6. The highest BCUT2D eigenvalue weighted by Crippen LogP contribution is 2.38. The van der Waals surface area contributed by atoms with E-state index in [0.717, 1.165) is 30.6 Å². The molecule has 0 radical (unpaired) electrons. The molecule has 5 heteroatoms. The molecule has 0 bridgehead atoms. The first-order chi connectivity index (χ1) is 11.2. The second-order valence-electron chi connectivity index (χ2n) is 6.32. The van der Waals surface area contributed by atoms with Gasteiger partial charge in [-0.3, -0.25) is 4.79 Å². The highest BCUT2D eigenvalue weighted by atomic mass is 16.7. The fourth-order valence-corrected chi connectivity index (χ4v) is 3.26. The fraction of sp³-hybridized carbons (Fsp3) is 0.611. The van der Waals surface area contributed by atoms with Crippen molar-refractivity contribution in [2.75, 3.05) is 20.3 Å². The second kappa shape index (κ2) is 7.32. The lowest BCUT2D eigenvalue weighted by Gasteiger charge is -2.21. The van der Waals surface area contributed by atoms with Gasteiger partial charge in [0, 0.05) is 25.8 Å². The molecule has 1 aliphatic carbocycles. The quantitative estimate of drug-likeness (QED) is 0.875. The van der Waals surface area contributed by atoms with Crippen LogP contribution in [0.4, 0.5) is 0 Å². The number of carbonyl (C=O) groups is 1. The van der Waals surface area contributed by atoms with Crippen molar-refractivity contribution in [1.29, 1.82) is 0 Å². The summed E-state index contributed by atoms with van der Waals surface area (Å²) in [6, 6.07) is 7.81. The molecule has 1 amide bonds. The lowest BCUT2D eigenvalue weighted by molar-refractivity contribution is -0.161. The molecule has 1 aromatic carbocycles. The molecule has 3 rings (SSSR count). The molecule has 1 spiro atoms. The van der Waals surface area contributed by atoms with Crippen LogP contribution in [-0.2, 0) is 20.7 Å². The van der Waals surface area contributed by atoms with Crippen LogP contribution in [0.25, 0.3) is 0 Å². The van der Waals surface area contributed by atoms with Crippen LogP contribution < -0.4 is 10.1 Å². The van der Waals surface area contributed by atoms with Gasteiger partial charge in [-0.25, -0.2) is 0 Å². The Morgan fingerprint density at radius 2 is 2.04 bits per heavy atom. The van der Waals surface area contributed by atoms with E-state index in [1.54, 1.807) is 7.11 Å². The zero-order valence-electron chi connectivity index (χ0n) is 13.7. The molecule has 0 unspecified atom stereocenters. The van der Waals surface area contributed by atoms with Gasteiger partial charge in [-0.2, -0.15) is 0 Å². The molecule has 1 saturated heterocycles. The highest BCUT2D eigenvalue weighted by Gasteiger charge is 2.43. The largest absolute Gasteiger partial charge is 0.497 e. The number of hydrogen-bond acceptors (Lipinski definition) is 4. The van der Waals surface area contributed by atoms with Crippen LogP contribution in [0, 0.1) is 0 Å². The third-order valence-corrected chi connectivity index (χ3v) is 4.61. The first-order valence-corrected chi connectivity index (χ1v) is 8.40. The molecule has 2 fully saturated rings. The number of aryl methyl sites for hydroxylation is 1. The molecule has 1 atom stereocenters. The summed E-state index contributed by atoms with van der Waals surface area (Å²) in [7, 11) is 1.65. The zero-order chi connectivity index (χ0) is 16.1. The molecule has 1 heterocycles. The molecule has 1 aliphatic heterocycles. The van der Waals surface area contributed by atoms with E-state index in [2.05, 4.69) is 5.32 Å². The van der Waals surface area contributed by atoms with Gasteiger partial charge in [0.1, 0.15) is 11.9 Å². The molecule has 2 aliphatic rings. The van der Waals surface area contributed by atoms with Gasteiger partial charge < -0.3 is 19.5 Å². The van der Waals surface area contributed by atoms with Crippen LogP contribution in [0.2, 0.25) is 0 Å². The maximum Gasteiger partial charge on any atom is 0.220 e. The maximum atomic E-state index is 12.0. The predicted octanol–water partition coefficient (Wildman–Crippen LogP) is 2.43. The average Bonchev–Trinajstić information content (AvgIpc) is 3.21. The summed E-state index contributed by atoms with van der Waals surface area (Å²) in [4.78, 5) is 12.0. The lowest BCUT2D eigenvalue weighted by Crippen LogP contribution is -2.35. The average molecular weight is 319 g/mol. The van der Waals surface area contributed by atoms with E-state index in [9.17, 15) is 4.79 Å². The lowest BCUT2D eigenvalue weighted by atomic mass is 10.1. The van der Waals surface area contributed by atoms with E-state index in [0.29, 0.717) is 19.6 Å². The van der Waals surface area contributed by atoms with Gasteiger partial charge in [-0.1, -0.05) is 12.1 Å². The Morgan fingerprint density at radius 3 is 2.74 bits per heavy atom. The number of amides is 1. The van der Waals surface area contributed by atoms with Crippen molar-refractivity contribution in [3.8, 4) is 5.75 Å². The van der Waals surface area contributed by atoms with Crippen molar-refractivity contribution in [1.82, 2.24) is 5.32 Å². The molecule has 126 valence electrons. The number of nitrogens with one attached hydrogen (secondary N) is 1. The second-order valence-corrected chi connectivity index (χ2v) is 6.32. The Bertz CT molecular complexity index is 522. The van der Waals surface area contributed by atoms with Gasteiger partial charge in [0.15, 0.2) is 5.79 Å². The smallest absolute Gasteiger partial charge is 0.220 e. The van der Waals surface area contributed by atoms with E-state index in [1.165, 1.54) is 12.8 Å². The van der Waals surface area contributed by atoms with Crippen molar-refractivity contribution in [3.63, 3.8) is 0 Å². The monoisotopic (exact) mass is 319 g/mol. The van der Waals surface area contributed by atoms with Crippen molar-refractivity contribution < 1.29 is 19.0 Å². The topological polar surface area (TPSA) is 56.8 Å². The van der Waals surface area contributed by atoms with Crippen molar-refractivity contribution in [3.05, 3.63) is 29.8 Å². The summed E-state index contributed by atoms with van der Waals surface area (Å²) < 4.78 is 16.9. The third kappa shape index (κ3) is 4.24. The summed E-state index contributed by atoms with van der Waals surface area (Å²) >= 11 is 0. The van der Waals surface area contributed by atoms with E-state index in [-0.39, 0.29) is 17.8 Å². The van der Waals surface area contributed by atoms with Crippen LogP contribution in [-0.4, -0.2) is 38.1 Å². The van der Waals surface area contributed by atoms with Gasteiger partial charge in [-0.15, -0.1) is 0 Å². The van der Waals surface area contributed by atoms with Crippen LogP contribution in [0.15, 0.2) is 24.3 Å². The minimum atomic E-state index is -0.349. The Kier molecular flexibility index (Phi) is 5.18. The number of benzene rings is 1. The molecule has 1 N–H and O–H groups in total. The Balaban J connectivity index is 1.36. The molecule has 0 aromatic heterocycles. The van der Waals surface area contributed by atoms with Gasteiger partial charge in [0.25, 0.3) is 0 Å². The van der Waals surface area contributed by atoms with Gasteiger partial charge in [-0.05, 0) is 37.0 Å². The molecule has 5 nitrogen and oxygen atoms in total. The Labute approximate surface area is 137 Å². The minimum absolute atomic E-state index is 0.0157. The Hall–Kier alpha value is -1.59. The highest BCUT2D eigenvalue weighted by molar-refractivity contribution is 5.76. The standard InChI is InChI=1S/C18H25NO4/c1-21-15-7-4-14(5-8-15)6-9-17(20)19-12-16-13-22-18(23-16)10-2-3-11-18/h4-5,7-8,16H,2-3,6,9-13H2,1H3,(H,19,20)/t16-/m1/s1. The van der Waals surface area contributed by atoms with Gasteiger partial charge >= 0.3 is 0 Å². The van der Waals surface area contributed by atoms with Crippen LogP contribution in [0.3, 0.4) is 0 Å². The summed E-state index contributed by atoms with van der Waals surface area (Å²) in [6.07, 6.45) is 5.48. The third-order valence-electron chi connectivity index (χ3n) is 4.61. The van der Waals surface area contributed by atoms with E-state index < -0.39 is 0 Å². The minimum Gasteiger partial charge on any atom is -0.497 e. The normalized spacial score (nSPS) is 22.4. The molecule has 23 heavy (non-hydrogen) atoms. The Morgan fingerprint density at radius 1 is 1.30 bits per heavy atom. The molecular formula is C18H25NO4. The van der Waals surface area contributed by atoms with Crippen LogP contribution in [0.5, 0.6) is 5.75 Å². The fourth-order valence-electron chi connectivity index (χ4n) is 3.26. The van der Waals surface area contributed by atoms with Crippen molar-refractivity contribution in [2.45, 2.75) is 50.4 Å². The predicted molar refractivity (Wildman–Crippen MR) is 86.3 cm³/mol. The number of hydrogen-bond donors (Lipinski definition) is 1. The summed E-state index contributed by atoms with van der Waals surface area (Å²) in [5, 5.41) is 2.96. The molecule has 1 aromatic rings. The number of carbonyl (C=O) groups excluding carboxylic acids is 1. The maximum absolute atomic E-state index is 12.0. The zero-order valence-corrected chi connectivity index (χ0v) is 13.7.